The largest absolute Gasteiger partial charge is 0.311 e. The van der Waals surface area contributed by atoms with E-state index in [1.807, 2.05) is 0 Å². The standard InChI is InChI=1S/C18H34N2/c1-3-14(2)12-20-13-17(15-7-5-4-6-8-15)19-11-18(20)16-9-10-16/h14-19H,3-13H2,1-2H3. The molecule has 1 N–H and O–H groups in total. The van der Waals surface area contributed by atoms with Gasteiger partial charge in [0.2, 0.25) is 0 Å². The second-order valence-corrected chi connectivity index (χ2v) is 7.78. The Morgan fingerprint density at radius 3 is 2.45 bits per heavy atom. The van der Waals surface area contributed by atoms with Gasteiger partial charge in [0.1, 0.15) is 0 Å². The zero-order valence-corrected chi connectivity index (χ0v) is 13.6. The van der Waals surface area contributed by atoms with Crippen molar-refractivity contribution in [3.8, 4) is 0 Å². The highest BCUT2D eigenvalue weighted by atomic mass is 15.2. The molecule has 2 heteroatoms. The molecule has 20 heavy (non-hydrogen) atoms. The van der Waals surface area contributed by atoms with Crippen molar-refractivity contribution in [3.63, 3.8) is 0 Å². The van der Waals surface area contributed by atoms with Crippen LogP contribution in [0.1, 0.15) is 65.2 Å². The van der Waals surface area contributed by atoms with Crippen molar-refractivity contribution in [2.45, 2.75) is 77.3 Å². The van der Waals surface area contributed by atoms with E-state index in [2.05, 4.69) is 24.1 Å². The lowest BCUT2D eigenvalue weighted by Gasteiger charge is -2.45. The number of rotatable bonds is 5. The highest BCUT2D eigenvalue weighted by Crippen LogP contribution is 2.38. The Hall–Kier alpha value is -0.0800. The van der Waals surface area contributed by atoms with Gasteiger partial charge in [0.15, 0.2) is 0 Å². The van der Waals surface area contributed by atoms with Gasteiger partial charge in [-0.25, -0.2) is 0 Å². The van der Waals surface area contributed by atoms with E-state index >= 15 is 0 Å². The smallest absolute Gasteiger partial charge is 0.0249 e. The molecular weight excluding hydrogens is 244 g/mol. The Morgan fingerprint density at radius 1 is 1.05 bits per heavy atom. The Kier molecular flexibility index (Phi) is 5.04. The average Bonchev–Trinajstić information content (AvgIpc) is 3.32. The molecule has 0 aromatic heterocycles. The lowest BCUT2D eigenvalue weighted by molar-refractivity contribution is 0.0721. The molecule has 0 aromatic carbocycles. The van der Waals surface area contributed by atoms with E-state index in [-0.39, 0.29) is 0 Å². The molecule has 116 valence electrons. The second-order valence-electron chi connectivity index (χ2n) is 7.78. The predicted octanol–water partition coefficient (Wildman–Crippen LogP) is 3.67. The first-order valence-electron chi connectivity index (χ1n) is 9.25. The Balaban J connectivity index is 1.59. The summed E-state index contributed by atoms with van der Waals surface area (Å²) in [4.78, 5) is 2.88. The summed E-state index contributed by atoms with van der Waals surface area (Å²) >= 11 is 0. The van der Waals surface area contributed by atoms with Crippen LogP contribution in [0, 0.1) is 17.8 Å². The van der Waals surface area contributed by atoms with Gasteiger partial charge in [0.05, 0.1) is 0 Å². The van der Waals surface area contributed by atoms with Crippen LogP contribution in [0.4, 0.5) is 0 Å². The van der Waals surface area contributed by atoms with Crippen LogP contribution >= 0.6 is 0 Å². The molecule has 1 aliphatic heterocycles. The van der Waals surface area contributed by atoms with Crippen molar-refractivity contribution in [3.05, 3.63) is 0 Å². The molecule has 0 aromatic rings. The summed E-state index contributed by atoms with van der Waals surface area (Å²) in [6.07, 6.45) is 11.7. The maximum Gasteiger partial charge on any atom is 0.0249 e. The summed E-state index contributed by atoms with van der Waals surface area (Å²) in [5.74, 6) is 2.84. The molecule has 1 heterocycles. The van der Waals surface area contributed by atoms with Gasteiger partial charge >= 0.3 is 0 Å². The van der Waals surface area contributed by atoms with Crippen LogP contribution in [0.3, 0.4) is 0 Å². The lowest BCUT2D eigenvalue weighted by atomic mass is 9.82. The van der Waals surface area contributed by atoms with E-state index < -0.39 is 0 Å². The number of hydrogen-bond acceptors (Lipinski definition) is 2. The third-order valence-electron chi connectivity index (χ3n) is 6.12. The fourth-order valence-corrected chi connectivity index (χ4v) is 4.39. The molecule has 3 atom stereocenters. The third-order valence-corrected chi connectivity index (χ3v) is 6.12. The van der Waals surface area contributed by atoms with Gasteiger partial charge in [-0.3, -0.25) is 4.90 Å². The summed E-state index contributed by atoms with van der Waals surface area (Å²) in [7, 11) is 0. The number of nitrogens with zero attached hydrogens (tertiary/aromatic N) is 1. The van der Waals surface area contributed by atoms with Gasteiger partial charge in [0, 0.05) is 31.7 Å². The van der Waals surface area contributed by atoms with Crippen LogP contribution in [-0.4, -0.2) is 36.6 Å². The van der Waals surface area contributed by atoms with Crippen LogP contribution in [0.15, 0.2) is 0 Å². The maximum absolute atomic E-state index is 3.94. The summed E-state index contributed by atoms with van der Waals surface area (Å²) < 4.78 is 0. The third kappa shape index (κ3) is 3.57. The van der Waals surface area contributed by atoms with E-state index in [1.165, 1.54) is 71.0 Å². The SMILES string of the molecule is CCC(C)CN1CC(C2CCCCC2)NCC1C1CC1. The monoisotopic (exact) mass is 278 g/mol. The molecular formula is C18H34N2. The molecule has 2 saturated carbocycles. The fraction of sp³-hybridized carbons (Fsp3) is 1.00. The van der Waals surface area contributed by atoms with E-state index in [9.17, 15) is 0 Å². The minimum Gasteiger partial charge on any atom is -0.311 e. The lowest BCUT2D eigenvalue weighted by Crippen LogP contribution is -2.60. The van der Waals surface area contributed by atoms with Gasteiger partial charge in [-0.15, -0.1) is 0 Å². The Labute approximate surface area is 125 Å². The van der Waals surface area contributed by atoms with Crippen LogP contribution in [0.5, 0.6) is 0 Å². The molecule has 0 bridgehead atoms. The van der Waals surface area contributed by atoms with Gasteiger partial charge in [-0.2, -0.15) is 0 Å². The van der Waals surface area contributed by atoms with Crippen LogP contribution in [0.2, 0.25) is 0 Å². The Bertz CT molecular complexity index is 294. The first-order chi connectivity index (χ1) is 9.78. The number of hydrogen-bond donors (Lipinski definition) is 1. The van der Waals surface area contributed by atoms with Gasteiger partial charge in [-0.1, -0.05) is 39.5 Å². The van der Waals surface area contributed by atoms with Gasteiger partial charge in [0.25, 0.3) is 0 Å². The van der Waals surface area contributed by atoms with Crippen molar-refractivity contribution in [2.24, 2.45) is 17.8 Å². The van der Waals surface area contributed by atoms with Crippen LogP contribution in [0.25, 0.3) is 0 Å². The number of nitrogens with one attached hydrogen (secondary N) is 1. The highest BCUT2D eigenvalue weighted by Gasteiger charge is 2.40. The zero-order chi connectivity index (χ0) is 13.9. The summed E-state index contributed by atoms with van der Waals surface area (Å²) in [6, 6.07) is 1.64. The minimum atomic E-state index is 0.786. The first-order valence-corrected chi connectivity index (χ1v) is 9.25. The van der Waals surface area contributed by atoms with Crippen LogP contribution < -0.4 is 5.32 Å². The molecule has 2 nitrogen and oxygen atoms in total. The molecule has 0 amide bonds. The van der Waals surface area contributed by atoms with Crippen molar-refractivity contribution in [1.29, 1.82) is 0 Å². The first kappa shape index (κ1) is 14.8. The van der Waals surface area contributed by atoms with E-state index in [1.54, 1.807) is 0 Å². The van der Waals surface area contributed by atoms with Crippen LogP contribution in [-0.2, 0) is 0 Å². The average molecular weight is 278 g/mol. The maximum atomic E-state index is 3.94. The van der Waals surface area contributed by atoms with E-state index in [0.29, 0.717) is 0 Å². The van der Waals surface area contributed by atoms with Crippen molar-refractivity contribution in [2.75, 3.05) is 19.6 Å². The quantitative estimate of drug-likeness (QED) is 0.825. The van der Waals surface area contributed by atoms with Gasteiger partial charge in [-0.05, 0) is 43.4 Å². The molecule has 0 spiro atoms. The highest BCUT2D eigenvalue weighted by molar-refractivity contribution is 4.97. The minimum absolute atomic E-state index is 0.786. The van der Waals surface area contributed by atoms with E-state index in [4.69, 9.17) is 0 Å². The fourth-order valence-electron chi connectivity index (χ4n) is 4.39. The second kappa shape index (κ2) is 6.79. The number of piperazine rings is 1. The molecule has 0 radical (unpaired) electrons. The normalized spacial score (nSPS) is 35.1. The van der Waals surface area contributed by atoms with Crippen molar-refractivity contribution >= 4 is 0 Å². The van der Waals surface area contributed by atoms with Gasteiger partial charge < -0.3 is 5.32 Å². The molecule has 3 aliphatic rings. The molecule has 1 saturated heterocycles. The van der Waals surface area contributed by atoms with E-state index in [0.717, 1.165) is 29.8 Å². The zero-order valence-electron chi connectivity index (χ0n) is 13.6. The summed E-state index contributed by atoms with van der Waals surface area (Å²) in [6.45, 7) is 8.71. The predicted molar refractivity (Wildman–Crippen MR) is 85.9 cm³/mol. The van der Waals surface area contributed by atoms with Crippen molar-refractivity contribution in [1.82, 2.24) is 10.2 Å². The molecule has 3 unspecified atom stereocenters. The Morgan fingerprint density at radius 2 is 1.80 bits per heavy atom. The summed E-state index contributed by atoms with van der Waals surface area (Å²) in [5, 5.41) is 3.94. The molecule has 2 aliphatic carbocycles. The molecule has 3 fully saturated rings. The van der Waals surface area contributed by atoms with Crippen molar-refractivity contribution < 1.29 is 0 Å². The summed E-state index contributed by atoms with van der Waals surface area (Å²) in [5.41, 5.74) is 0. The topological polar surface area (TPSA) is 15.3 Å². The molecule has 3 rings (SSSR count).